The Hall–Kier alpha value is -5.42. The van der Waals surface area contributed by atoms with E-state index in [1.54, 1.807) is 10.5 Å². The Kier molecular flexibility index (Phi) is 5.19. The van der Waals surface area contributed by atoms with Crippen LogP contribution in [0, 0.1) is 0 Å². The van der Waals surface area contributed by atoms with Gasteiger partial charge in [-0.15, -0.1) is 0 Å². The van der Waals surface area contributed by atoms with Crippen molar-refractivity contribution < 1.29 is 0 Å². The number of hydrogen-bond donors (Lipinski definition) is 0. The van der Waals surface area contributed by atoms with Crippen LogP contribution in [0.25, 0.3) is 97.0 Å². The molecular weight excluding hydrogens is 698 g/mol. The molecule has 0 saturated carbocycles. The summed E-state index contributed by atoms with van der Waals surface area (Å²) in [7, 11) is 0. The minimum absolute atomic E-state index is 1.32. The van der Waals surface area contributed by atoms with Crippen LogP contribution in [0.15, 0.2) is 164 Å². The second-order valence-electron chi connectivity index (χ2n) is 13.7. The Balaban J connectivity index is 1.27. The van der Waals surface area contributed by atoms with Gasteiger partial charge in [-0.2, -0.15) is 0 Å². The summed E-state index contributed by atoms with van der Waals surface area (Å²) >= 11 is -2.79. The van der Waals surface area contributed by atoms with Crippen molar-refractivity contribution in [2.75, 3.05) is 0 Å². The molecule has 0 saturated heterocycles. The summed E-state index contributed by atoms with van der Waals surface area (Å²) in [6.07, 6.45) is 0. The van der Waals surface area contributed by atoms with Crippen LogP contribution in [0.3, 0.4) is 0 Å². The van der Waals surface area contributed by atoms with E-state index in [-0.39, 0.29) is 0 Å². The van der Waals surface area contributed by atoms with Crippen LogP contribution < -0.4 is 10.5 Å². The summed E-state index contributed by atoms with van der Waals surface area (Å²) in [5.74, 6) is 0. The fourth-order valence-corrected chi connectivity index (χ4v) is 16.9. The Morgan fingerprint density at radius 1 is 0.204 bits per heavy atom. The molecule has 0 aromatic heterocycles. The molecule has 0 amide bonds. The van der Waals surface area contributed by atoms with Crippen LogP contribution in [0.4, 0.5) is 0 Å². The summed E-state index contributed by atoms with van der Waals surface area (Å²) in [4.78, 5) is 0. The van der Waals surface area contributed by atoms with Gasteiger partial charge in [0.15, 0.2) is 0 Å². The van der Waals surface area contributed by atoms with Gasteiger partial charge >= 0.3 is 291 Å². The summed E-state index contributed by atoms with van der Waals surface area (Å²) in [5, 5.41) is 24.6. The molecule has 0 heterocycles. The maximum atomic E-state index is 2.50. The molecule has 0 aliphatic carbocycles. The van der Waals surface area contributed by atoms with E-state index >= 15 is 0 Å². The molecule has 0 atom stereocenters. The van der Waals surface area contributed by atoms with Crippen LogP contribution in [-0.2, 0) is 0 Å². The molecule has 12 rings (SSSR count). The summed E-state index contributed by atoms with van der Waals surface area (Å²) < 4.78 is 4.62. The van der Waals surface area contributed by atoms with Crippen molar-refractivity contribution in [2.45, 2.75) is 0 Å². The van der Waals surface area contributed by atoms with Crippen LogP contribution >= 0.6 is 0 Å². The quantitative estimate of drug-likeness (QED) is 0.126. The van der Waals surface area contributed by atoms with E-state index < -0.39 is 20.2 Å². The zero-order valence-corrected chi connectivity index (χ0v) is 29.1. The van der Waals surface area contributed by atoms with Gasteiger partial charge in [0.2, 0.25) is 0 Å². The van der Waals surface area contributed by atoms with Gasteiger partial charge in [0.1, 0.15) is 0 Å². The maximum absolute atomic E-state index is 2.79. The van der Waals surface area contributed by atoms with Gasteiger partial charge in [-0.3, -0.25) is 0 Å². The van der Waals surface area contributed by atoms with E-state index in [2.05, 4.69) is 164 Å². The standard InChI is InChI=1S/3C16H9.Sb/c3*1-3-11-7-9-13-5-2-6-14-10-8-12(4-1)15(11)16(13)14;/h3*1-5,7-10H;. The second-order valence-corrected chi connectivity index (χ2v) is 19.7. The van der Waals surface area contributed by atoms with Crippen molar-refractivity contribution in [3.05, 3.63) is 164 Å². The molecule has 1 heteroatoms. The first-order valence-corrected chi connectivity index (χ1v) is 20.9. The van der Waals surface area contributed by atoms with E-state index in [0.717, 1.165) is 0 Å². The second kappa shape index (κ2) is 9.60. The molecule has 49 heavy (non-hydrogen) atoms. The normalized spacial score (nSPS) is 12.7. The van der Waals surface area contributed by atoms with E-state index in [1.807, 2.05) is 0 Å². The molecule has 0 bridgehead atoms. The summed E-state index contributed by atoms with van der Waals surface area (Å²) in [5.41, 5.74) is 0. The molecule has 12 aromatic carbocycles. The van der Waals surface area contributed by atoms with Crippen molar-refractivity contribution in [1.82, 2.24) is 0 Å². The van der Waals surface area contributed by atoms with Gasteiger partial charge in [-0.25, -0.2) is 0 Å². The summed E-state index contributed by atoms with van der Waals surface area (Å²) in [6, 6.07) is 63.2. The Morgan fingerprint density at radius 2 is 0.429 bits per heavy atom. The first-order chi connectivity index (χ1) is 24.3. The molecule has 0 aliphatic rings. The van der Waals surface area contributed by atoms with Gasteiger partial charge in [-0.05, 0) is 0 Å². The van der Waals surface area contributed by atoms with Crippen LogP contribution in [-0.4, -0.2) is 20.2 Å². The van der Waals surface area contributed by atoms with Gasteiger partial charge in [0.25, 0.3) is 0 Å². The van der Waals surface area contributed by atoms with Crippen LogP contribution in [0.1, 0.15) is 0 Å². The third kappa shape index (κ3) is 3.50. The molecule has 0 nitrogen and oxygen atoms in total. The fourth-order valence-electron chi connectivity index (χ4n) is 9.13. The molecule has 0 aliphatic heterocycles. The van der Waals surface area contributed by atoms with Crippen molar-refractivity contribution in [2.24, 2.45) is 0 Å². The predicted molar refractivity (Wildman–Crippen MR) is 215 cm³/mol. The molecule has 12 aromatic rings. The topological polar surface area (TPSA) is 0 Å². The third-order valence-corrected chi connectivity index (χ3v) is 18.7. The Labute approximate surface area is 289 Å². The van der Waals surface area contributed by atoms with Crippen molar-refractivity contribution in [3.8, 4) is 0 Å². The monoisotopic (exact) mass is 724 g/mol. The van der Waals surface area contributed by atoms with E-state index in [4.69, 9.17) is 0 Å². The average Bonchev–Trinajstić information content (AvgIpc) is 3.16. The molecular formula is C48H27Sb. The van der Waals surface area contributed by atoms with E-state index in [9.17, 15) is 0 Å². The van der Waals surface area contributed by atoms with Gasteiger partial charge < -0.3 is 0 Å². The molecule has 0 fully saturated rings. The number of benzene rings is 12. The van der Waals surface area contributed by atoms with Crippen LogP contribution in [0.2, 0.25) is 0 Å². The minimum atomic E-state index is -2.79. The molecule has 0 N–H and O–H groups in total. The first-order valence-electron chi connectivity index (χ1n) is 17.1. The van der Waals surface area contributed by atoms with Gasteiger partial charge in [0, 0.05) is 0 Å². The SMILES string of the molecule is c1cc2ccc3cc[c]([Sb]([c]4ccc5ccc6cccc7ccc4c5c67)[c]4ccc5ccc6cccc7ccc4c5c67)c4ccc(c1)c2c34. The van der Waals surface area contributed by atoms with E-state index in [0.29, 0.717) is 0 Å². The molecule has 0 unspecified atom stereocenters. The number of rotatable bonds is 3. The zero-order chi connectivity index (χ0) is 31.8. The zero-order valence-electron chi connectivity index (χ0n) is 26.5. The first kappa shape index (κ1) is 26.5. The Bertz CT molecular complexity index is 2880. The summed E-state index contributed by atoms with van der Waals surface area (Å²) in [6.45, 7) is 0. The van der Waals surface area contributed by atoms with Crippen LogP contribution in [0.5, 0.6) is 0 Å². The van der Waals surface area contributed by atoms with E-state index in [1.165, 1.54) is 97.0 Å². The van der Waals surface area contributed by atoms with Gasteiger partial charge in [-0.1, -0.05) is 0 Å². The van der Waals surface area contributed by atoms with Crippen molar-refractivity contribution >= 4 is 128 Å². The fraction of sp³-hybridized carbons (Fsp3) is 0. The molecule has 224 valence electrons. The molecule has 0 spiro atoms. The third-order valence-electron chi connectivity index (χ3n) is 11.2. The van der Waals surface area contributed by atoms with Crippen molar-refractivity contribution in [3.63, 3.8) is 0 Å². The van der Waals surface area contributed by atoms with Crippen molar-refractivity contribution in [1.29, 1.82) is 0 Å². The molecule has 0 radical (unpaired) electrons. The predicted octanol–water partition coefficient (Wildman–Crippen LogP) is 10.9. The number of hydrogen-bond acceptors (Lipinski definition) is 0. The average molecular weight is 726 g/mol. The Morgan fingerprint density at radius 3 is 0.714 bits per heavy atom. The van der Waals surface area contributed by atoms with Gasteiger partial charge in [0.05, 0.1) is 0 Å².